The van der Waals surface area contributed by atoms with E-state index in [9.17, 15) is 9.59 Å². The van der Waals surface area contributed by atoms with Gasteiger partial charge in [0.1, 0.15) is 5.75 Å². The number of benzene rings is 1. The van der Waals surface area contributed by atoms with Crippen molar-refractivity contribution in [3.05, 3.63) is 65.5 Å². The number of methoxy groups -OCH3 is 1. The minimum Gasteiger partial charge on any atom is -0.496 e. The first-order valence-electron chi connectivity index (χ1n) is 8.29. The summed E-state index contributed by atoms with van der Waals surface area (Å²) in [7, 11) is 1.59. The van der Waals surface area contributed by atoms with Crippen LogP contribution in [0.1, 0.15) is 29.7 Å². The summed E-state index contributed by atoms with van der Waals surface area (Å²) < 4.78 is 5.34. The second-order valence-electron chi connectivity index (χ2n) is 5.87. The Balaban J connectivity index is 1.85. The third-order valence-electron chi connectivity index (χ3n) is 3.76. The molecule has 6 nitrogen and oxygen atoms in total. The van der Waals surface area contributed by atoms with Crippen LogP contribution >= 0.6 is 0 Å². The zero-order valence-electron chi connectivity index (χ0n) is 15.2. The molecule has 2 rings (SSSR count). The second-order valence-corrected chi connectivity index (χ2v) is 5.87. The van der Waals surface area contributed by atoms with Crippen LogP contribution in [0.15, 0.2) is 48.8 Å². The molecule has 0 saturated carbocycles. The Morgan fingerprint density at radius 1 is 1.31 bits per heavy atom. The maximum atomic E-state index is 12.1. The highest BCUT2D eigenvalue weighted by Gasteiger charge is 2.14. The summed E-state index contributed by atoms with van der Waals surface area (Å²) in [4.78, 5) is 27.9. The molecule has 1 heterocycles. The Kier molecular flexibility index (Phi) is 6.91. The molecule has 2 aromatic rings. The van der Waals surface area contributed by atoms with E-state index >= 15 is 0 Å². The summed E-state index contributed by atoms with van der Waals surface area (Å²) in [6.45, 7) is 3.75. The largest absolute Gasteiger partial charge is 0.496 e. The number of rotatable bonds is 7. The van der Waals surface area contributed by atoms with E-state index in [1.54, 1.807) is 31.6 Å². The van der Waals surface area contributed by atoms with Crippen molar-refractivity contribution in [1.29, 1.82) is 0 Å². The number of amides is 2. The molecule has 0 aliphatic heterocycles. The normalized spacial score (nSPS) is 11.8. The molecule has 6 heteroatoms. The number of aromatic nitrogens is 1. The quantitative estimate of drug-likeness (QED) is 0.749. The molecular formula is C20H23N3O3. The highest BCUT2D eigenvalue weighted by atomic mass is 16.5. The lowest BCUT2D eigenvalue weighted by Crippen LogP contribution is -2.37. The number of hydrogen-bond donors (Lipinski definition) is 2. The van der Waals surface area contributed by atoms with E-state index in [-0.39, 0.29) is 24.4 Å². The molecule has 26 heavy (non-hydrogen) atoms. The smallest absolute Gasteiger partial charge is 0.244 e. The Labute approximate surface area is 153 Å². The van der Waals surface area contributed by atoms with Crippen LogP contribution in [0.25, 0.3) is 6.08 Å². The van der Waals surface area contributed by atoms with Gasteiger partial charge >= 0.3 is 0 Å². The van der Waals surface area contributed by atoms with Crippen LogP contribution in [0.3, 0.4) is 0 Å². The number of hydrogen-bond acceptors (Lipinski definition) is 4. The lowest BCUT2D eigenvalue weighted by atomic mass is 10.0. The summed E-state index contributed by atoms with van der Waals surface area (Å²) in [5.74, 6) is 0.0980. The van der Waals surface area contributed by atoms with Gasteiger partial charge in [0.25, 0.3) is 0 Å². The van der Waals surface area contributed by atoms with Crippen molar-refractivity contribution in [3.63, 3.8) is 0 Å². The number of aryl methyl sites for hydroxylation is 1. The highest BCUT2D eigenvalue weighted by Crippen LogP contribution is 2.25. The first-order valence-corrected chi connectivity index (χ1v) is 8.29. The van der Waals surface area contributed by atoms with Gasteiger partial charge in [-0.3, -0.25) is 14.6 Å². The van der Waals surface area contributed by atoms with Gasteiger partial charge in [-0.25, -0.2) is 0 Å². The summed E-state index contributed by atoms with van der Waals surface area (Å²) in [6, 6.07) is 9.18. The Morgan fingerprint density at radius 2 is 2.12 bits per heavy atom. The Morgan fingerprint density at radius 3 is 2.81 bits per heavy atom. The van der Waals surface area contributed by atoms with Gasteiger partial charge in [0, 0.05) is 24.0 Å². The molecule has 0 fully saturated rings. The van der Waals surface area contributed by atoms with Crippen LogP contribution in [0.2, 0.25) is 0 Å². The van der Waals surface area contributed by atoms with Crippen molar-refractivity contribution in [3.8, 4) is 5.75 Å². The number of pyridine rings is 1. The number of carbonyl (C=O) groups excluding carboxylic acids is 2. The minimum absolute atomic E-state index is 0.102. The van der Waals surface area contributed by atoms with Gasteiger partial charge in [-0.1, -0.05) is 23.8 Å². The third kappa shape index (κ3) is 5.73. The van der Waals surface area contributed by atoms with E-state index in [0.717, 1.165) is 16.7 Å². The first-order chi connectivity index (χ1) is 12.5. The molecule has 1 unspecified atom stereocenters. The van der Waals surface area contributed by atoms with E-state index in [2.05, 4.69) is 15.6 Å². The first kappa shape index (κ1) is 19.2. The van der Waals surface area contributed by atoms with Gasteiger partial charge in [0.05, 0.1) is 19.7 Å². The number of nitrogens with zero attached hydrogens (tertiary/aromatic N) is 1. The van der Waals surface area contributed by atoms with E-state index in [1.807, 2.05) is 38.1 Å². The predicted octanol–water partition coefficient (Wildman–Crippen LogP) is 2.41. The summed E-state index contributed by atoms with van der Waals surface area (Å²) in [5, 5.41) is 5.42. The SMILES string of the molecule is COc1ccc(C)cc1C(C)NC(=O)CNC(=O)/C=C/c1cccnc1. The highest BCUT2D eigenvalue weighted by molar-refractivity contribution is 5.94. The van der Waals surface area contributed by atoms with Crippen LogP contribution in [-0.2, 0) is 9.59 Å². The lowest BCUT2D eigenvalue weighted by Gasteiger charge is -2.18. The van der Waals surface area contributed by atoms with E-state index in [1.165, 1.54) is 6.08 Å². The van der Waals surface area contributed by atoms with Gasteiger partial charge in [-0.2, -0.15) is 0 Å². The van der Waals surface area contributed by atoms with E-state index in [4.69, 9.17) is 4.74 Å². The van der Waals surface area contributed by atoms with Crippen LogP contribution in [0.4, 0.5) is 0 Å². The summed E-state index contributed by atoms with van der Waals surface area (Å²) in [5.41, 5.74) is 2.78. The molecule has 2 amide bonds. The van der Waals surface area contributed by atoms with Crippen LogP contribution in [0, 0.1) is 6.92 Å². The molecule has 1 atom stereocenters. The molecule has 0 bridgehead atoms. The maximum absolute atomic E-state index is 12.1. The molecule has 1 aromatic heterocycles. The van der Waals surface area contributed by atoms with Gasteiger partial charge in [0.2, 0.25) is 11.8 Å². The van der Waals surface area contributed by atoms with E-state index < -0.39 is 0 Å². The maximum Gasteiger partial charge on any atom is 0.244 e. The van der Waals surface area contributed by atoms with Crippen molar-refractivity contribution >= 4 is 17.9 Å². The molecule has 0 aliphatic carbocycles. The summed E-state index contributed by atoms with van der Waals surface area (Å²) >= 11 is 0. The molecule has 0 radical (unpaired) electrons. The average molecular weight is 353 g/mol. The molecule has 0 aliphatic rings. The molecule has 0 saturated heterocycles. The number of ether oxygens (including phenoxy) is 1. The van der Waals surface area contributed by atoms with Crippen molar-refractivity contribution in [2.45, 2.75) is 19.9 Å². The third-order valence-corrected chi connectivity index (χ3v) is 3.76. The fourth-order valence-electron chi connectivity index (χ4n) is 2.44. The summed E-state index contributed by atoms with van der Waals surface area (Å²) in [6.07, 6.45) is 6.32. The van der Waals surface area contributed by atoms with E-state index in [0.29, 0.717) is 5.75 Å². The number of nitrogens with one attached hydrogen (secondary N) is 2. The van der Waals surface area contributed by atoms with Gasteiger partial charge < -0.3 is 15.4 Å². The van der Waals surface area contributed by atoms with Gasteiger partial charge in [0.15, 0.2) is 0 Å². The van der Waals surface area contributed by atoms with Crippen LogP contribution in [0.5, 0.6) is 5.75 Å². The topological polar surface area (TPSA) is 80.3 Å². The van der Waals surface area contributed by atoms with Gasteiger partial charge in [-0.05, 0) is 37.6 Å². The average Bonchev–Trinajstić information content (AvgIpc) is 2.65. The van der Waals surface area contributed by atoms with Crippen LogP contribution < -0.4 is 15.4 Å². The van der Waals surface area contributed by atoms with Crippen molar-refractivity contribution in [2.24, 2.45) is 0 Å². The Hall–Kier alpha value is -3.15. The zero-order chi connectivity index (χ0) is 18.9. The molecule has 2 N–H and O–H groups in total. The van der Waals surface area contributed by atoms with Crippen molar-refractivity contribution < 1.29 is 14.3 Å². The van der Waals surface area contributed by atoms with Crippen molar-refractivity contribution in [1.82, 2.24) is 15.6 Å². The zero-order valence-corrected chi connectivity index (χ0v) is 15.2. The minimum atomic E-state index is -0.343. The predicted molar refractivity (Wildman–Crippen MR) is 101 cm³/mol. The Bertz CT molecular complexity index is 788. The number of carbonyl (C=O) groups is 2. The molecule has 136 valence electrons. The van der Waals surface area contributed by atoms with Gasteiger partial charge in [-0.15, -0.1) is 0 Å². The van der Waals surface area contributed by atoms with Crippen molar-refractivity contribution in [2.75, 3.05) is 13.7 Å². The lowest BCUT2D eigenvalue weighted by molar-refractivity contribution is -0.124. The fourth-order valence-corrected chi connectivity index (χ4v) is 2.44. The standard InChI is InChI=1S/C20H23N3O3/c1-14-6-8-18(26-3)17(11-14)15(2)23-20(25)13-22-19(24)9-7-16-5-4-10-21-12-16/h4-12,15H,13H2,1-3H3,(H,22,24)(H,23,25)/b9-7+. The monoisotopic (exact) mass is 353 g/mol. The van der Waals surface area contributed by atoms with Crippen LogP contribution in [-0.4, -0.2) is 30.5 Å². The molecule has 1 aromatic carbocycles. The fraction of sp³-hybridized carbons (Fsp3) is 0.250. The molecule has 0 spiro atoms. The second kappa shape index (κ2) is 9.36. The molecular weight excluding hydrogens is 330 g/mol.